The van der Waals surface area contributed by atoms with E-state index in [1.54, 1.807) is 0 Å². The molecule has 7 heteroatoms. The quantitative estimate of drug-likeness (QED) is 0.499. The average Bonchev–Trinajstić information content (AvgIpc) is 3.44. The molecular weight excluding hydrogens is 510 g/mol. The first-order valence-electron chi connectivity index (χ1n) is 14.1. The van der Waals surface area contributed by atoms with Crippen LogP contribution in [0.5, 0.6) is 0 Å². The molecule has 5 nitrogen and oxygen atoms in total. The Morgan fingerprint density at radius 1 is 1.00 bits per heavy atom. The van der Waals surface area contributed by atoms with E-state index < -0.39 is 23.6 Å². The third-order valence-corrected chi connectivity index (χ3v) is 16.9. The van der Waals surface area contributed by atoms with Gasteiger partial charge in [0.25, 0.3) is 8.32 Å². The zero-order valence-electron chi connectivity index (χ0n) is 23.5. The number of hydrogen-bond donors (Lipinski definition) is 1. The first-order valence-corrected chi connectivity index (χ1v) is 17.8. The van der Waals surface area contributed by atoms with Gasteiger partial charge < -0.3 is 9.74 Å². The number of carbonyl (C=O) groups is 1. The Kier molecular flexibility index (Phi) is 7.07. The van der Waals surface area contributed by atoms with E-state index >= 15 is 0 Å². The topological polar surface area (TPSA) is 72.5 Å². The Morgan fingerprint density at radius 2 is 1.58 bits per heavy atom. The molecule has 0 unspecified atom stereocenters. The van der Waals surface area contributed by atoms with Crippen molar-refractivity contribution >= 4 is 34.3 Å². The molecule has 2 aromatic carbocycles. The highest BCUT2D eigenvalue weighted by molar-refractivity contribution is 7.91. The summed E-state index contributed by atoms with van der Waals surface area (Å²) < 4.78 is 34.3. The molecule has 1 N–H and O–H groups in total. The maximum absolute atomic E-state index is 13.5. The fourth-order valence-corrected chi connectivity index (χ4v) is 14.9. The van der Waals surface area contributed by atoms with Crippen LogP contribution in [0.25, 0.3) is 0 Å². The van der Waals surface area contributed by atoms with Gasteiger partial charge in [-0.05, 0) is 46.0 Å². The van der Waals surface area contributed by atoms with E-state index in [9.17, 15) is 13.2 Å². The van der Waals surface area contributed by atoms with Gasteiger partial charge in [-0.2, -0.15) is 0 Å². The fraction of sp³-hybridized carbons (Fsp3) is 0.581. The van der Waals surface area contributed by atoms with Gasteiger partial charge in [-0.1, -0.05) is 95.3 Å². The second-order valence-corrected chi connectivity index (χ2v) is 19.8. The maximum atomic E-state index is 13.5. The van der Waals surface area contributed by atoms with Crippen LogP contribution in [0.2, 0.25) is 5.04 Å². The predicted octanol–water partition coefficient (Wildman–Crippen LogP) is 4.10. The lowest BCUT2D eigenvalue weighted by Crippen LogP contribution is -2.67. The molecule has 1 heterocycles. The molecule has 0 amide bonds. The molecule has 206 valence electrons. The third-order valence-electron chi connectivity index (χ3n) is 10.0. The van der Waals surface area contributed by atoms with Crippen molar-refractivity contribution in [3.8, 4) is 0 Å². The number of Topliss-reactive ketones (excluding diaryl/α,β-unsaturated/α-hetero) is 1. The Bertz CT molecular complexity index is 1230. The molecule has 0 radical (unpaired) electrons. The number of carbonyl (C=O) groups excluding carboxylic acids is 1. The molecular formula is C31H43NO4SSi. The number of ketones is 1. The maximum Gasteiger partial charge on any atom is 0.261 e. The summed E-state index contributed by atoms with van der Waals surface area (Å²) in [7, 11) is -6.13. The van der Waals surface area contributed by atoms with E-state index in [4.69, 9.17) is 4.43 Å². The highest BCUT2D eigenvalue weighted by atomic mass is 32.2. The van der Waals surface area contributed by atoms with Crippen molar-refractivity contribution in [1.82, 2.24) is 5.32 Å². The van der Waals surface area contributed by atoms with Crippen LogP contribution >= 0.6 is 0 Å². The summed E-state index contributed by atoms with van der Waals surface area (Å²) in [4.78, 5) is 13.0. The monoisotopic (exact) mass is 553 g/mol. The molecule has 1 saturated heterocycles. The highest BCUT2D eigenvalue weighted by Crippen LogP contribution is 2.64. The zero-order valence-corrected chi connectivity index (χ0v) is 25.3. The smallest absolute Gasteiger partial charge is 0.261 e. The lowest BCUT2D eigenvalue weighted by Gasteiger charge is -2.44. The minimum Gasteiger partial charge on any atom is -0.403 e. The molecule has 0 aromatic heterocycles. The van der Waals surface area contributed by atoms with Gasteiger partial charge in [-0.25, -0.2) is 8.42 Å². The number of hydrogen-bond acceptors (Lipinski definition) is 5. The Hall–Kier alpha value is -1.80. The minimum atomic E-state index is -3.42. The SMILES string of the molecule is CC1(C)[C@@H]2CC[C@@]1(CS(=O)(=O)C[C@@H]1C[C@@H](O[Si](c3ccccc3)(c3ccccc3)C(C)(C)C)CN1)C(=O)C2. The van der Waals surface area contributed by atoms with Crippen LogP contribution in [0, 0.1) is 16.7 Å². The van der Waals surface area contributed by atoms with Crippen LogP contribution < -0.4 is 15.7 Å². The number of nitrogens with one attached hydrogen (secondary N) is 1. The van der Waals surface area contributed by atoms with Crippen molar-refractivity contribution < 1.29 is 17.6 Å². The van der Waals surface area contributed by atoms with Crippen LogP contribution in [0.1, 0.15) is 60.3 Å². The Balaban J connectivity index is 1.36. The van der Waals surface area contributed by atoms with Crippen molar-refractivity contribution in [2.24, 2.45) is 16.7 Å². The summed E-state index contributed by atoms with van der Waals surface area (Å²) in [6, 6.07) is 21.0. The van der Waals surface area contributed by atoms with Gasteiger partial charge in [-0.3, -0.25) is 4.79 Å². The first-order chi connectivity index (χ1) is 17.8. The van der Waals surface area contributed by atoms with Crippen LogP contribution in [0.4, 0.5) is 0 Å². The van der Waals surface area contributed by atoms with Gasteiger partial charge in [-0.15, -0.1) is 0 Å². The largest absolute Gasteiger partial charge is 0.403 e. The standard InChI is InChI=1S/C31H43NO4SSi/c1-29(2,3)38(26-12-8-6-9-13-26,27-14-10-7-11-15-27)36-25-19-24(32-20-25)21-37(34,35)22-31-17-16-23(18-28(31)33)30(31,4)5/h6-15,23-25,32H,16-22H2,1-5H3/t23-,24+,25-,31-/m1/s1. The van der Waals surface area contributed by atoms with Crippen molar-refractivity contribution in [2.45, 2.75) is 77.5 Å². The first kappa shape index (κ1) is 27.8. The van der Waals surface area contributed by atoms with Gasteiger partial charge in [0.05, 0.1) is 17.6 Å². The van der Waals surface area contributed by atoms with Crippen LogP contribution in [0.3, 0.4) is 0 Å². The molecule has 3 aliphatic rings. The Labute approximate surface area is 229 Å². The summed E-state index contributed by atoms with van der Waals surface area (Å²) in [6.07, 6.45) is 2.78. The molecule has 5 rings (SSSR count). The molecule has 2 saturated carbocycles. The van der Waals surface area contributed by atoms with Gasteiger partial charge in [0.1, 0.15) is 5.78 Å². The second kappa shape index (κ2) is 9.68. The number of fused-ring (bicyclic) bond motifs is 2. The molecule has 4 atom stereocenters. The van der Waals surface area contributed by atoms with Gasteiger partial charge in [0, 0.05) is 24.4 Å². The average molecular weight is 554 g/mol. The molecule has 0 spiro atoms. The fourth-order valence-electron chi connectivity index (χ4n) is 7.79. The summed E-state index contributed by atoms with van der Waals surface area (Å²) in [5.41, 5.74) is -0.949. The van der Waals surface area contributed by atoms with Crippen LogP contribution in [-0.2, 0) is 19.1 Å². The van der Waals surface area contributed by atoms with Gasteiger partial charge >= 0.3 is 0 Å². The highest BCUT2D eigenvalue weighted by Gasteiger charge is 2.65. The number of benzene rings is 2. The lowest BCUT2D eigenvalue weighted by molar-refractivity contribution is -0.128. The van der Waals surface area contributed by atoms with E-state index in [1.807, 2.05) is 12.1 Å². The van der Waals surface area contributed by atoms with E-state index in [1.165, 1.54) is 10.4 Å². The summed E-state index contributed by atoms with van der Waals surface area (Å²) in [6.45, 7) is 11.6. The van der Waals surface area contributed by atoms with Crippen LogP contribution in [0.15, 0.2) is 60.7 Å². The lowest BCUT2D eigenvalue weighted by atomic mass is 9.70. The molecule has 3 fully saturated rings. The van der Waals surface area contributed by atoms with Crippen molar-refractivity contribution in [2.75, 3.05) is 18.1 Å². The third kappa shape index (κ3) is 4.53. The molecule has 38 heavy (non-hydrogen) atoms. The van der Waals surface area contributed by atoms with Crippen LogP contribution in [-0.4, -0.2) is 52.7 Å². The predicted molar refractivity (Wildman–Crippen MR) is 156 cm³/mol. The van der Waals surface area contributed by atoms with Crippen molar-refractivity contribution in [1.29, 1.82) is 0 Å². The normalized spacial score (nSPS) is 29.2. The minimum absolute atomic E-state index is 0.0131. The molecule has 2 bridgehead atoms. The van der Waals surface area contributed by atoms with Crippen molar-refractivity contribution in [3.05, 3.63) is 60.7 Å². The van der Waals surface area contributed by atoms with Gasteiger partial charge in [0.15, 0.2) is 9.84 Å². The molecule has 2 aliphatic carbocycles. The van der Waals surface area contributed by atoms with E-state index in [-0.39, 0.29) is 39.9 Å². The van der Waals surface area contributed by atoms with Crippen molar-refractivity contribution in [3.63, 3.8) is 0 Å². The number of sulfone groups is 1. The number of rotatable bonds is 8. The Morgan fingerprint density at radius 3 is 2.05 bits per heavy atom. The summed E-state index contributed by atoms with van der Waals surface area (Å²) >= 11 is 0. The second-order valence-electron chi connectivity index (χ2n) is 13.5. The summed E-state index contributed by atoms with van der Waals surface area (Å²) in [5.74, 6) is 0.526. The van der Waals surface area contributed by atoms with E-state index in [0.717, 1.165) is 6.42 Å². The molecule has 1 aliphatic heterocycles. The van der Waals surface area contributed by atoms with E-state index in [2.05, 4.69) is 88.5 Å². The zero-order chi connectivity index (χ0) is 27.4. The van der Waals surface area contributed by atoms with E-state index in [0.29, 0.717) is 31.7 Å². The van der Waals surface area contributed by atoms with Gasteiger partial charge in [0.2, 0.25) is 0 Å². The molecule has 2 aromatic rings. The summed E-state index contributed by atoms with van der Waals surface area (Å²) in [5, 5.41) is 5.79.